The summed E-state index contributed by atoms with van der Waals surface area (Å²) in [6.45, 7) is 1.73. The molecule has 0 spiro atoms. The molecule has 0 unspecified atom stereocenters. The van der Waals surface area contributed by atoms with Crippen LogP contribution < -0.4 is 0 Å². The van der Waals surface area contributed by atoms with E-state index in [2.05, 4.69) is 4.98 Å². The van der Waals surface area contributed by atoms with Crippen molar-refractivity contribution in [3.63, 3.8) is 0 Å². The Labute approximate surface area is 86.9 Å². The van der Waals surface area contributed by atoms with E-state index in [1.54, 1.807) is 6.92 Å². The topological polar surface area (TPSA) is 33.1 Å². The Hall–Kier alpha value is -1.19. The molecule has 0 saturated heterocycles. The van der Waals surface area contributed by atoms with Crippen LogP contribution in [0.4, 0.5) is 0 Å². The number of aromatic nitrogens is 1. The highest BCUT2D eigenvalue weighted by molar-refractivity contribution is 7.10. The van der Waals surface area contributed by atoms with Crippen molar-refractivity contribution < 1.29 is 5.11 Å². The summed E-state index contributed by atoms with van der Waals surface area (Å²) < 4.78 is 0. The Bertz CT molecular complexity index is 408. The third kappa shape index (κ3) is 1.84. The standard InChI is InChI=1S/C11H11NOS/c1-8(13)11-12-10(7-14-11)9-5-3-2-4-6-9/h2-8,13H,1H3/t8-/m0/s1. The van der Waals surface area contributed by atoms with Crippen LogP contribution in [0.5, 0.6) is 0 Å². The number of rotatable bonds is 2. The smallest absolute Gasteiger partial charge is 0.122 e. The summed E-state index contributed by atoms with van der Waals surface area (Å²) >= 11 is 1.49. The molecular weight excluding hydrogens is 194 g/mol. The molecule has 2 nitrogen and oxygen atoms in total. The molecule has 1 heterocycles. The van der Waals surface area contributed by atoms with Crippen molar-refractivity contribution in [3.8, 4) is 11.3 Å². The number of thiazole rings is 1. The van der Waals surface area contributed by atoms with Crippen molar-refractivity contribution in [1.29, 1.82) is 0 Å². The zero-order chi connectivity index (χ0) is 9.97. The zero-order valence-corrected chi connectivity index (χ0v) is 8.66. The first-order chi connectivity index (χ1) is 6.77. The average Bonchev–Trinajstić information content (AvgIpc) is 2.68. The lowest BCUT2D eigenvalue weighted by atomic mass is 10.2. The van der Waals surface area contributed by atoms with Gasteiger partial charge in [0, 0.05) is 10.9 Å². The van der Waals surface area contributed by atoms with Crippen LogP contribution in [0.25, 0.3) is 11.3 Å². The second-order valence-electron chi connectivity index (χ2n) is 3.11. The third-order valence-corrected chi connectivity index (χ3v) is 2.96. The van der Waals surface area contributed by atoms with E-state index in [0.29, 0.717) is 0 Å². The zero-order valence-electron chi connectivity index (χ0n) is 7.84. The molecule has 1 aromatic carbocycles. The van der Waals surface area contributed by atoms with Crippen molar-refractivity contribution in [2.75, 3.05) is 0 Å². The number of benzene rings is 1. The van der Waals surface area contributed by atoms with Gasteiger partial charge in [-0.1, -0.05) is 30.3 Å². The van der Waals surface area contributed by atoms with Crippen LogP contribution in [0.3, 0.4) is 0 Å². The van der Waals surface area contributed by atoms with Gasteiger partial charge in [-0.15, -0.1) is 11.3 Å². The van der Waals surface area contributed by atoms with Crippen molar-refractivity contribution in [1.82, 2.24) is 4.98 Å². The maximum Gasteiger partial charge on any atom is 0.122 e. The Kier molecular flexibility index (Phi) is 2.61. The van der Waals surface area contributed by atoms with Crippen LogP contribution in [-0.4, -0.2) is 10.1 Å². The van der Waals surface area contributed by atoms with E-state index in [-0.39, 0.29) is 0 Å². The largest absolute Gasteiger partial charge is 0.386 e. The Morgan fingerprint density at radius 1 is 1.29 bits per heavy atom. The van der Waals surface area contributed by atoms with Gasteiger partial charge in [0.1, 0.15) is 11.1 Å². The van der Waals surface area contributed by atoms with E-state index in [1.165, 1.54) is 11.3 Å². The molecule has 1 atom stereocenters. The highest BCUT2D eigenvalue weighted by Gasteiger charge is 2.07. The second-order valence-corrected chi connectivity index (χ2v) is 4.00. The molecule has 3 heteroatoms. The molecule has 0 aliphatic heterocycles. The molecule has 72 valence electrons. The van der Waals surface area contributed by atoms with E-state index >= 15 is 0 Å². The third-order valence-electron chi connectivity index (χ3n) is 1.95. The lowest BCUT2D eigenvalue weighted by Crippen LogP contribution is -1.88. The first-order valence-electron chi connectivity index (χ1n) is 4.46. The van der Waals surface area contributed by atoms with Gasteiger partial charge < -0.3 is 5.11 Å². The fourth-order valence-corrected chi connectivity index (χ4v) is 1.99. The van der Waals surface area contributed by atoms with E-state index in [1.807, 2.05) is 35.7 Å². The maximum atomic E-state index is 9.33. The minimum atomic E-state index is -0.475. The predicted octanol–water partition coefficient (Wildman–Crippen LogP) is 2.86. The number of hydrogen-bond acceptors (Lipinski definition) is 3. The van der Waals surface area contributed by atoms with E-state index < -0.39 is 6.10 Å². The Morgan fingerprint density at radius 2 is 2.00 bits per heavy atom. The van der Waals surface area contributed by atoms with Gasteiger partial charge in [0.2, 0.25) is 0 Å². The van der Waals surface area contributed by atoms with Crippen LogP contribution in [0.15, 0.2) is 35.7 Å². The molecule has 0 radical (unpaired) electrons. The summed E-state index contributed by atoms with van der Waals surface area (Å²) in [6.07, 6.45) is -0.475. The van der Waals surface area contributed by atoms with Crippen molar-refractivity contribution >= 4 is 11.3 Å². The van der Waals surface area contributed by atoms with Gasteiger partial charge in [0.15, 0.2) is 0 Å². The fourth-order valence-electron chi connectivity index (χ4n) is 1.22. The quantitative estimate of drug-likeness (QED) is 0.817. The van der Waals surface area contributed by atoms with Crippen LogP contribution in [0.1, 0.15) is 18.0 Å². The lowest BCUT2D eigenvalue weighted by Gasteiger charge is -1.97. The first kappa shape index (κ1) is 9.37. The van der Waals surface area contributed by atoms with Gasteiger partial charge in [0.25, 0.3) is 0 Å². The molecule has 0 amide bonds. The highest BCUT2D eigenvalue weighted by Crippen LogP contribution is 2.24. The van der Waals surface area contributed by atoms with Gasteiger partial charge in [-0.2, -0.15) is 0 Å². The van der Waals surface area contributed by atoms with Gasteiger partial charge in [0.05, 0.1) is 5.69 Å². The molecule has 0 aliphatic rings. The molecule has 0 aliphatic carbocycles. The predicted molar refractivity (Wildman–Crippen MR) is 58.2 cm³/mol. The van der Waals surface area contributed by atoms with E-state index in [9.17, 15) is 5.11 Å². The van der Waals surface area contributed by atoms with Crippen LogP contribution in [0.2, 0.25) is 0 Å². The number of nitrogens with zero attached hydrogens (tertiary/aromatic N) is 1. The molecule has 1 aromatic heterocycles. The van der Waals surface area contributed by atoms with Gasteiger partial charge >= 0.3 is 0 Å². The summed E-state index contributed by atoms with van der Waals surface area (Å²) in [6, 6.07) is 9.97. The molecule has 2 rings (SSSR count). The maximum absolute atomic E-state index is 9.33. The minimum Gasteiger partial charge on any atom is -0.386 e. The summed E-state index contributed by atoms with van der Waals surface area (Å²) in [5, 5.41) is 12.1. The average molecular weight is 205 g/mol. The summed E-state index contributed by atoms with van der Waals surface area (Å²) in [5.41, 5.74) is 2.03. The highest BCUT2D eigenvalue weighted by atomic mass is 32.1. The fraction of sp³-hybridized carbons (Fsp3) is 0.182. The van der Waals surface area contributed by atoms with Gasteiger partial charge in [-0.25, -0.2) is 4.98 Å². The van der Waals surface area contributed by atoms with E-state index in [4.69, 9.17) is 0 Å². The number of aliphatic hydroxyl groups excluding tert-OH is 1. The summed E-state index contributed by atoms with van der Waals surface area (Å²) in [5.74, 6) is 0. The molecule has 0 fully saturated rings. The van der Waals surface area contributed by atoms with E-state index in [0.717, 1.165) is 16.3 Å². The van der Waals surface area contributed by atoms with Crippen molar-refractivity contribution in [2.24, 2.45) is 0 Å². The number of hydrogen-bond donors (Lipinski definition) is 1. The molecule has 0 saturated carbocycles. The molecule has 2 aromatic rings. The molecule has 1 N–H and O–H groups in total. The van der Waals surface area contributed by atoms with Crippen LogP contribution in [0, 0.1) is 0 Å². The molecule has 14 heavy (non-hydrogen) atoms. The molecular formula is C11H11NOS. The Balaban J connectivity index is 2.34. The first-order valence-corrected chi connectivity index (χ1v) is 5.34. The van der Waals surface area contributed by atoms with Crippen molar-refractivity contribution in [2.45, 2.75) is 13.0 Å². The summed E-state index contributed by atoms with van der Waals surface area (Å²) in [4.78, 5) is 4.35. The normalized spacial score (nSPS) is 12.7. The van der Waals surface area contributed by atoms with Crippen LogP contribution >= 0.6 is 11.3 Å². The number of aliphatic hydroxyl groups is 1. The molecule has 0 bridgehead atoms. The van der Waals surface area contributed by atoms with Gasteiger partial charge in [-0.3, -0.25) is 0 Å². The van der Waals surface area contributed by atoms with Gasteiger partial charge in [-0.05, 0) is 6.92 Å². The monoisotopic (exact) mass is 205 g/mol. The van der Waals surface area contributed by atoms with Crippen LogP contribution in [-0.2, 0) is 0 Å². The lowest BCUT2D eigenvalue weighted by molar-refractivity contribution is 0.199. The summed E-state index contributed by atoms with van der Waals surface area (Å²) in [7, 11) is 0. The minimum absolute atomic E-state index is 0.475. The Morgan fingerprint density at radius 3 is 2.57 bits per heavy atom. The SMILES string of the molecule is C[C@H](O)c1nc(-c2ccccc2)cs1. The second kappa shape index (κ2) is 3.90. The van der Waals surface area contributed by atoms with Crippen molar-refractivity contribution in [3.05, 3.63) is 40.7 Å².